The van der Waals surface area contributed by atoms with Crippen molar-refractivity contribution in [3.8, 4) is 0 Å². The largest absolute Gasteiger partial charge is 0.481 e. The third kappa shape index (κ3) is 4.33. The Morgan fingerprint density at radius 1 is 1.44 bits per heavy atom. The van der Waals surface area contributed by atoms with Crippen LogP contribution in [0.15, 0.2) is 0 Å². The van der Waals surface area contributed by atoms with Crippen LogP contribution in [-0.2, 0) is 19.1 Å². The molecule has 2 amide bonds. The topological polar surface area (TPSA) is 87.2 Å². The van der Waals surface area contributed by atoms with E-state index in [0.29, 0.717) is 13.2 Å². The second-order valence-corrected chi connectivity index (χ2v) is 4.31. The van der Waals surface area contributed by atoms with Gasteiger partial charge in [0.2, 0.25) is 11.8 Å². The molecule has 0 radical (unpaired) electrons. The summed E-state index contributed by atoms with van der Waals surface area (Å²) in [6, 6.07) is 0. The SMILES string of the molecule is CC(=O)N(C)CC(=O)N1CCOC(CC(=O)O)C1. The summed E-state index contributed by atoms with van der Waals surface area (Å²) in [6.45, 7) is 2.42. The molecular weight excluding hydrogens is 240 g/mol. The van der Waals surface area contributed by atoms with Gasteiger partial charge in [0, 0.05) is 27.1 Å². The van der Waals surface area contributed by atoms with Crippen LogP contribution in [0.4, 0.5) is 0 Å². The molecule has 0 spiro atoms. The van der Waals surface area contributed by atoms with Crippen molar-refractivity contribution in [2.24, 2.45) is 0 Å². The Morgan fingerprint density at radius 3 is 2.67 bits per heavy atom. The lowest BCUT2D eigenvalue weighted by Crippen LogP contribution is -2.49. The van der Waals surface area contributed by atoms with Crippen LogP contribution in [0, 0.1) is 0 Å². The Hall–Kier alpha value is -1.63. The van der Waals surface area contributed by atoms with Crippen LogP contribution >= 0.6 is 0 Å². The molecule has 0 aromatic carbocycles. The number of rotatable bonds is 4. The predicted octanol–water partition coefficient (Wildman–Crippen LogP) is -0.833. The van der Waals surface area contributed by atoms with E-state index in [2.05, 4.69) is 0 Å². The number of carboxylic acid groups (broad SMARTS) is 1. The molecule has 0 saturated carbocycles. The van der Waals surface area contributed by atoms with Gasteiger partial charge in [-0.3, -0.25) is 14.4 Å². The summed E-state index contributed by atoms with van der Waals surface area (Å²) in [5.74, 6) is -1.32. The summed E-state index contributed by atoms with van der Waals surface area (Å²) in [5.41, 5.74) is 0. The highest BCUT2D eigenvalue weighted by Crippen LogP contribution is 2.09. The fourth-order valence-corrected chi connectivity index (χ4v) is 1.68. The van der Waals surface area contributed by atoms with Gasteiger partial charge in [-0.2, -0.15) is 0 Å². The molecule has 1 fully saturated rings. The molecule has 7 heteroatoms. The average Bonchev–Trinajstić information content (AvgIpc) is 2.28. The molecule has 18 heavy (non-hydrogen) atoms. The number of morpholine rings is 1. The van der Waals surface area contributed by atoms with Gasteiger partial charge in [0.1, 0.15) is 0 Å². The standard InChI is InChI=1S/C11H18N2O5/c1-8(14)12(2)7-10(15)13-3-4-18-9(6-13)5-11(16)17/h9H,3-7H2,1-2H3,(H,16,17). The second-order valence-electron chi connectivity index (χ2n) is 4.31. The zero-order valence-electron chi connectivity index (χ0n) is 10.6. The van der Waals surface area contributed by atoms with Gasteiger partial charge in [-0.1, -0.05) is 0 Å². The monoisotopic (exact) mass is 258 g/mol. The van der Waals surface area contributed by atoms with E-state index in [1.165, 1.54) is 16.7 Å². The van der Waals surface area contributed by atoms with Crippen molar-refractivity contribution in [3.63, 3.8) is 0 Å². The van der Waals surface area contributed by atoms with Gasteiger partial charge < -0.3 is 19.6 Å². The summed E-state index contributed by atoms with van der Waals surface area (Å²) < 4.78 is 5.27. The van der Waals surface area contributed by atoms with Crippen LogP contribution in [0.5, 0.6) is 0 Å². The second kappa shape index (κ2) is 6.34. The highest BCUT2D eigenvalue weighted by Gasteiger charge is 2.26. The van der Waals surface area contributed by atoms with Gasteiger partial charge in [0.05, 0.1) is 25.7 Å². The van der Waals surface area contributed by atoms with E-state index in [1.54, 1.807) is 7.05 Å². The Bertz CT molecular complexity index is 344. The molecule has 0 aromatic rings. The molecule has 1 saturated heterocycles. The molecule has 0 aliphatic carbocycles. The van der Waals surface area contributed by atoms with Gasteiger partial charge >= 0.3 is 5.97 Å². The minimum absolute atomic E-state index is 0.00905. The first-order valence-electron chi connectivity index (χ1n) is 5.73. The lowest BCUT2D eigenvalue weighted by atomic mass is 10.2. The molecule has 1 aliphatic rings. The highest BCUT2D eigenvalue weighted by molar-refractivity contribution is 5.83. The summed E-state index contributed by atoms with van der Waals surface area (Å²) in [6.07, 6.45) is -0.588. The Kier molecular flexibility index (Phi) is 5.08. The van der Waals surface area contributed by atoms with Gasteiger partial charge in [0.25, 0.3) is 0 Å². The molecule has 1 atom stereocenters. The first kappa shape index (κ1) is 14.4. The van der Waals surface area contributed by atoms with Crippen LogP contribution in [0.3, 0.4) is 0 Å². The minimum Gasteiger partial charge on any atom is -0.481 e. The molecule has 1 N–H and O–H groups in total. The van der Waals surface area contributed by atoms with E-state index in [0.717, 1.165) is 0 Å². The minimum atomic E-state index is -0.949. The summed E-state index contributed by atoms with van der Waals surface area (Å²) >= 11 is 0. The lowest BCUT2D eigenvalue weighted by Gasteiger charge is -2.33. The van der Waals surface area contributed by atoms with Crippen molar-refractivity contribution in [3.05, 3.63) is 0 Å². The number of amides is 2. The van der Waals surface area contributed by atoms with Crippen LogP contribution in [0.1, 0.15) is 13.3 Å². The summed E-state index contributed by atoms with van der Waals surface area (Å²) in [5, 5.41) is 8.67. The van der Waals surface area contributed by atoms with Crippen LogP contribution in [-0.4, -0.2) is 72.1 Å². The molecule has 1 rings (SSSR count). The molecule has 0 aromatic heterocycles. The number of carboxylic acids is 1. The molecule has 1 unspecified atom stereocenters. The maximum atomic E-state index is 11.9. The van der Waals surface area contributed by atoms with E-state index in [-0.39, 0.29) is 31.3 Å². The maximum absolute atomic E-state index is 11.9. The zero-order chi connectivity index (χ0) is 13.7. The molecule has 1 heterocycles. The van der Waals surface area contributed by atoms with Crippen molar-refractivity contribution < 1.29 is 24.2 Å². The average molecular weight is 258 g/mol. The van der Waals surface area contributed by atoms with Crippen molar-refractivity contribution in [1.82, 2.24) is 9.80 Å². The van der Waals surface area contributed by atoms with E-state index >= 15 is 0 Å². The van der Waals surface area contributed by atoms with E-state index in [1.807, 2.05) is 0 Å². The number of nitrogens with zero attached hydrogens (tertiary/aromatic N) is 2. The van der Waals surface area contributed by atoms with Gasteiger partial charge in [-0.05, 0) is 0 Å². The number of hydrogen-bond acceptors (Lipinski definition) is 4. The predicted molar refractivity (Wildman–Crippen MR) is 61.9 cm³/mol. The smallest absolute Gasteiger partial charge is 0.306 e. The third-order valence-electron chi connectivity index (χ3n) is 2.80. The summed E-state index contributed by atoms with van der Waals surface area (Å²) in [7, 11) is 1.55. The summed E-state index contributed by atoms with van der Waals surface area (Å²) in [4.78, 5) is 36.3. The highest BCUT2D eigenvalue weighted by atomic mass is 16.5. The maximum Gasteiger partial charge on any atom is 0.306 e. The fraction of sp³-hybridized carbons (Fsp3) is 0.727. The van der Waals surface area contributed by atoms with Crippen molar-refractivity contribution >= 4 is 17.8 Å². The number of carbonyl (C=O) groups excluding carboxylic acids is 2. The van der Waals surface area contributed by atoms with E-state index < -0.39 is 12.1 Å². The molecule has 7 nitrogen and oxygen atoms in total. The number of likely N-dealkylation sites (N-methyl/N-ethyl adjacent to an activating group) is 1. The molecule has 0 bridgehead atoms. The zero-order valence-corrected chi connectivity index (χ0v) is 10.6. The normalized spacial score (nSPS) is 19.4. The number of ether oxygens (including phenoxy) is 1. The third-order valence-corrected chi connectivity index (χ3v) is 2.80. The first-order valence-corrected chi connectivity index (χ1v) is 5.73. The number of aliphatic carboxylic acids is 1. The first-order chi connectivity index (χ1) is 8.40. The van der Waals surface area contributed by atoms with Crippen molar-refractivity contribution in [2.45, 2.75) is 19.4 Å². The molecule has 102 valence electrons. The van der Waals surface area contributed by atoms with Gasteiger partial charge in [-0.25, -0.2) is 0 Å². The quantitative estimate of drug-likeness (QED) is 0.711. The lowest BCUT2D eigenvalue weighted by molar-refractivity contribution is -0.149. The van der Waals surface area contributed by atoms with Crippen LogP contribution in [0.25, 0.3) is 0 Å². The van der Waals surface area contributed by atoms with Gasteiger partial charge in [-0.15, -0.1) is 0 Å². The van der Waals surface area contributed by atoms with Crippen LogP contribution in [0.2, 0.25) is 0 Å². The fourth-order valence-electron chi connectivity index (χ4n) is 1.68. The Labute approximate surface area is 105 Å². The van der Waals surface area contributed by atoms with Crippen molar-refractivity contribution in [2.75, 3.05) is 33.3 Å². The number of hydrogen-bond donors (Lipinski definition) is 1. The van der Waals surface area contributed by atoms with Gasteiger partial charge in [0.15, 0.2) is 0 Å². The molecular formula is C11H18N2O5. The van der Waals surface area contributed by atoms with E-state index in [4.69, 9.17) is 9.84 Å². The Morgan fingerprint density at radius 2 is 2.11 bits per heavy atom. The number of carbonyl (C=O) groups is 3. The Balaban J connectivity index is 2.48. The van der Waals surface area contributed by atoms with E-state index in [9.17, 15) is 14.4 Å². The van der Waals surface area contributed by atoms with Crippen molar-refractivity contribution in [1.29, 1.82) is 0 Å². The van der Waals surface area contributed by atoms with Crippen LogP contribution < -0.4 is 0 Å². The molecule has 1 aliphatic heterocycles.